The summed E-state index contributed by atoms with van der Waals surface area (Å²) in [5.74, 6) is -1.03. The number of benzene rings is 1. The number of carbonyl (C=O) groups is 2. The molecule has 0 fully saturated rings. The summed E-state index contributed by atoms with van der Waals surface area (Å²) in [6, 6.07) is 9.18. The predicted molar refractivity (Wildman–Crippen MR) is 64.1 cm³/mol. The molecule has 0 aliphatic heterocycles. The molecule has 0 aliphatic rings. The van der Waals surface area contributed by atoms with Gasteiger partial charge >= 0.3 is 5.97 Å². The molecule has 1 rings (SSSR count). The first-order valence-corrected chi connectivity index (χ1v) is 6.05. The maximum Gasteiger partial charge on any atom is 0.303 e. The lowest BCUT2D eigenvalue weighted by molar-refractivity contribution is -0.777. The molecule has 0 radical (unpaired) electrons. The highest BCUT2D eigenvalue weighted by Gasteiger charge is 2.03. The Hall–Kier alpha value is -1.45. The second kappa shape index (κ2) is 11.6. The Balaban J connectivity index is 0.000000344. The molecule has 0 atom stereocenters. The molecule has 1 aromatic rings. The quantitative estimate of drug-likeness (QED) is 0.397. The Labute approximate surface area is 114 Å². The summed E-state index contributed by atoms with van der Waals surface area (Å²) in [5.41, 5.74) is 3.32. The van der Waals surface area contributed by atoms with E-state index in [2.05, 4.69) is 15.1 Å². The number of hydrogen-bond acceptors (Lipinski definition) is 6. The van der Waals surface area contributed by atoms with E-state index in [4.69, 9.17) is 5.11 Å². The van der Waals surface area contributed by atoms with Crippen LogP contribution in [-0.4, -0.2) is 23.4 Å². The summed E-state index contributed by atoms with van der Waals surface area (Å²) in [4.78, 5) is 21.1. The molecule has 19 heavy (non-hydrogen) atoms. The number of hydrogen-bond donors (Lipinski definition) is 2. The molecule has 0 heterocycles. The van der Waals surface area contributed by atoms with Crippen molar-refractivity contribution in [2.24, 2.45) is 0 Å². The van der Waals surface area contributed by atoms with E-state index < -0.39 is 5.97 Å². The zero-order valence-electron chi connectivity index (χ0n) is 10.1. The average Bonchev–Trinajstić information content (AvgIpc) is 2.44. The van der Waals surface area contributed by atoms with Crippen molar-refractivity contribution in [1.82, 2.24) is 0 Å². The van der Waals surface area contributed by atoms with E-state index in [1.807, 2.05) is 30.3 Å². The first-order chi connectivity index (χ1) is 9.10. The van der Waals surface area contributed by atoms with Gasteiger partial charge in [-0.1, -0.05) is 18.2 Å². The predicted octanol–water partition coefficient (Wildman–Crippen LogP) is -0.421. The normalized spacial score (nSPS) is 9.37. The Bertz CT molecular complexity index is 373. The number of carbonyl (C=O) groups excluding carboxylic acids is 1. The van der Waals surface area contributed by atoms with Gasteiger partial charge in [0.05, 0.1) is 18.5 Å². The minimum atomic E-state index is -0.934. The summed E-state index contributed by atoms with van der Waals surface area (Å²) in [7, 11) is 0. The number of carboxylic acids is 1. The third-order valence-electron chi connectivity index (χ3n) is 1.80. The first-order valence-electron chi connectivity index (χ1n) is 5.31. The molecule has 106 valence electrons. The van der Waals surface area contributed by atoms with Crippen LogP contribution in [-0.2, 0) is 19.0 Å². The number of aliphatic carboxylic acids is 1. The molecule has 1 aromatic carbocycles. The highest BCUT2D eigenvalue weighted by atomic mass is 32.2. The lowest BCUT2D eigenvalue weighted by Gasteiger charge is -2.02. The van der Waals surface area contributed by atoms with Gasteiger partial charge in [-0.15, -0.1) is 0 Å². The van der Waals surface area contributed by atoms with Crippen LogP contribution in [0.15, 0.2) is 35.2 Å². The van der Waals surface area contributed by atoms with Gasteiger partial charge < -0.3 is 16.1 Å². The van der Waals surface area contributed by atoms with Crippen LogP contribution in [0, 0.1) is 0 Å². The van der Waals surface area contributed by atoms with E-state index in [0.29, 0.717) is 0 Å². The largest absolute Gasteiger partial charge is 0.691 e. The number of rotatable bonds is 7. The van der Waals surface area contributed by atoms with Crippen molar-refractivity contribution in [2.75, 3.05) is 6.54 Å². The van der Waals surface area contributed by atoms with Gasteiger partial charge in [-0.25, -0.2) is 0 Å². The van der Waals surface area contributed by atoms with Crippen molar-refractivity contribution >= 4 is 23.8 Å². The monoisotopic (exact) mass is 289 g/mol. The smallest absolute Gasteiger partial charge is 0.303 e. The fourth-order valence-corrected chi connectivity index (χ4v) is 1.28. The van der Waals surface area contributed by atoms with Gasteiger partial charge in [0.25, 0.3) is 0 Å². The molecule has 0 aliphatic carbocycles. The minimum Gasteiger partial charge on any atom is -0.691 e. The zero-order chi connectivity index (χ0) is 14.5. The first kappa shape index (κ1) is 17.6. The Kier molecular flexibility index (Phi) is 10.7. The molecule has 0 saturated carbocycles. The van der Waals surface area contributed by atoms with Gasteiger partial charge in [0.1, 0.15) is 6.54 Å². The average molecular weight is 289 g/mol. The van der Waals surface area contributed by atoms with Crippen LogP contribution in [0.3, 0.4) is 0 Å². The molecular weight excluding hydrogens is 274 g/mol. The van der Waals surface area contributed by atoms with Crippen molar-refractivity contribution in [3.05, 3.63) is 30.3 Å². The summed E-state index contributed by atoms with van der Waals surface area (Å²) in [5, 5.41) is 20.6. The molecule has 4 N–H and O–H groups in total. The topological polar surface area (TPSA) is 124 Å². The SMILES string of the molecule is [NH3+]CC(=O)CCC(=O)O.[O-]OOSc1ccccc1. The molecule has 0 saturated heterocycles. The van der Waals surface area contributed by atoms with Crippen LogP contribution >= 0.6 is 12.0 Å². The van der Waals surface area contributed by atoms with Crippen molar-refractivity contribution in [2.45, 2.75) is 17.7 Å². The second-order valence-electron chi connectivity index (χ2n) is 3.21. The van der Waals surface area contributed by atoms with E-state index in [1.165, 1.54) is 0 Å². The lowest BCUT2D eigenvalue weighted by atomic mass is 10.2. The fourth-order valence-electron chi connectivity index (χ4n) is 0.901. The molecule has 8 heteroatoms. The van der Waals surface area contributed by atoms with Crippen molar-refractivity contribution < 1.29 is 35.1 Å². The highest BCUT2D eigenvalue weighted by molar-refractivity contribution is 7.94. The molecule has 0 aromatic heterocycles. The zero-order valence-corrected chi connectivity index (χ0v) is 10.9. The third-order valence-corrected chi connectivity index (χ3v) is 2.39. The van der Waals surface area contributed by atoms with Crippen LogP contribution in [0.5, 0.6) is 0 Å². The number of carboxylic acid groups (broad SMARTS) is 1. The van der Waals surface area contributed by atoms with Crippen molar-refractivity contribution in [3.63, 3.8) is 0 Å². The van der Waals surface area contributed by atoms with E-state index >= 15 is 0 Å². The number of Topliss-reactive ketones (excluding diaryl/α,β-unsaturated/α-hetero) is 1. The van der Waals surface area contributed by atoms with E-state index in [0.717, 1.165) is 16.9 Å². The van der Waals surface area contributed by atoms with Crippen LogP contribution in [0.2, 0.25) is 0 Å². The summed E-state index contributed by atoms with van der Waals surface area (Å²) in [6.45, 7) is 0.188. The fraction of sp³-hybridized carbons (Fsp3) is 0.273. The molecular formula is C11H15NO6S. The van der Waals surface area contributed by atoms with E-state index in [9.17, 15) is 14.8 Å². The summed E-state index contributed by atoms with van der Waals surface area (Å²) in [6.07, 6.45) is 0.0349. The second-order valence-corrected chi connectivity index (χ2v) is 3.99. The van der Waals surface area contributed by atoms with Gasteiger partial charge in [0, 0.05) is 11.3 Å². The van der Waals surface area contributed by atoms with Crippen LogP contribution < -0.4 is 11.0 Å². The van der Waals surface area contributed by atoms with E-state index in [-0.39, 0.29) is 25.2 Å². The maximum atomic E-state index is 10.4. The molecule has 0 amide bonds. The molecule has 0 spiro atoms. The van der Waals surface area contributed by atoms with Gasteiger partial charge in [-0.2, -0.15) is 4.33 Å². The molecule has 7 nitrogen and oxygen atoms in total. The van der Waals surface area contributed by atoms with Gasteiger partial charge in [-0.05, 0) is 12.1 Å². The molecule has 0 bridgehead atoms. The summed E-state index contributed by atoms with van der Waals surface area (Å²) < 4.78 is 4.08. The van der Waals surface area contributed by atoms with Crippen LogP contribution in [0.1, 0.15) is 12.8 Å². The molecule has 0 unspecified atom stereocenters. The Morgan fingerprint density at radius 1 is 1.26 bits per heavy atom. The number of ketones is 1. The van der Waals surface area contributed by atoms with Gasteiger partial charge in [0.15, 0.2) is 5.78 Å². The lowest BCUT2D eigenvalue weighted by Crippen LogP contribution is -2.54. The Morgan fingerprint density at radius 2 is 1.89 bits per heavy atom. The van der Waals surface area contributed by atoms with Crippen LogP contribution in [0.25, 0.3) is 0 Å². The standard InChI is InChI=1S/C6H6O3S.C5H9NO3/c7-8-9-10-6-4-2-1-3-5-6;6-3-4(7)1-2-5(8)9/h1-5,7H;1-3,6H2,(H,8,9). The number of quaternary nitrogens is 1. The highest BCUT2D eigenvalue weighted by Crippen LogP contribution is 2.16. The van der Waals surface area contributed by atoms with E-state index in [1.54, 1.807) is 0 Å². The van der Waals surface area contributed by atoms with Gasteiger partial charge in [-0.3, -0.25) is 14.6 Å². The Morgan fingerprint density at radius 3 is 2.37 bits per heavy atom. The van der Waals surface area contributed by atoms with Crippen molar-refractivity contribution in [3.8, 4) is 0 Å². The minimum absolute atomic E-state index is 0.0750. The van der Waals surface area contributed by atoms with Crippen LogP contribution in [0.4, 0.5) is 0 Å². The van der Waals surface area contributed by atoms with Crippen molar-refractivity contribution in [1.29, 1.82) is 0 Å². The maximum absolute atomic E-state index is 10.4. The van der Waals surface area contributed by atoms with Gasteiger partial charge in [0.2, 0.25) is 0 Å². The third kappa shape index (κ3) is 11.4. The summed E-state index contributed by atoms with van der Waals surface area (Å²) >= 11 is 0.886.